The monoisotopic (exact) mass is 411 g/mol. The van der Waals surface area contributed by atoms with Crippen LogP contribution < -0.4 is 5.32 Å². The molecule has 0 aliphatic carbocycles. The molecule has 4 rings (SSSR count). The van der Waals surface area contributed by atoms with E-state index in [0.717, 1.165) is 25.8 Å². The standard InChI is InChI=1S/C18H13N5OS3/c19-9-10-25-14-7-3-1-5-12(14)20-16(24)11-26-17-21-22-18-23(17)13-6-2-4-8-15(13)27-18/h1-8H,10-11H2,(H,20,24). The second-order valence-electron chi connectivity index (χ2n) is 5.45. The van der Waals surface area contributed by atoms with Crippen molar-refractivity contribution in [1.82, 2.24) is 14.6 Å². The summed E-state index contributed by atoms with van der Waals surface area (Å²) in [4.78, 5) is 14.1. The van der Waals surface area contributed by atoms with Crippen LogP contribution >= 0.6 is 34.9 Å². The van der Waals surface area contributed by atoms with E-state index in [1.807, 2.05) is 52.9 Å². The number of thiazole rings is 1. The summed E-state index contributed by atoms with van der Waals surface area (Å²) in [6, 6.07) is 17.6. The minimum Gasteiger partial charge on any atom is -0.324 e. The maximum absolute atomic E-state index is 12.4. The summed E-state index contributed by atoms with van der Waals surface area (Å²) in [6.07, 6.45) is 0. The van der Waals surface area contributed by atoms with Crippen molar-refractivity contribution in [2.75, 3.05) is 16.8 Å². The highest BCUT2D eigenvalue weighted by Crippen LogP contribution is 2.30. The third-order valence-electron chi connectivity index (χ3n) is 3.70. The van der Waals surface area contributed by atoms with Crippen LogP contribution in [-0.4, -0.2) is 32.0 Å². The van der Waals surface area contributed by atoms with E-state index in [1.165, 1.54) is 23.5 Å². The quantitative estimate of drug-likeness (QED) is 0.477. The molecule has 6 nitrogen and oxygen atoms in total. The first-order valence-corrected chi connectivity index (χ1v) is 10.8. The second kappa shape index (κ2) is 8.00. The van der Waals surface area contributed by atoms with Gasteiger partial charge in [-0.15, -0.1) is 22.0 Å². The molecule has 0 aliphatic heterocycles. The summed E-state index contributed by atoms with van der Waals surface area (Å²) < 4.78 is 3.12. The second-order valence-corrected chi connectivity index (χ2v) is 8.42. The Morgan fingerprint density at radius 1 is 1.15 bits per heavy atom. The predicted molar refractivity (Wildman–Crippen MR) is 111 cm³/mol. The van der Waals surface area contributed by atoms with Gasteiger partial charge in [0.25, 0.3) is 0 Å². The van der Waals surface area contributed by atoms with Crippen molar-refractivity contribution in [1.29, 1.82) is 5.26 Å². The third-order valence-corrected chi connectivity index (χ3v) is 6.58. The fourth-order valence-electron chi connectivity index (χ4n) is 2.57. The van der Waals surface area contributed by atoms with Crippen molar-refractivity contribution >= 4 is 61.6 Å². The van der Waals surface area contributed by atoms with Crippen molar-refractivity contribution in [3.8, 4) is 6.07 Å². The van der Waals surface area contributed by atoms with Crippen LogP contribution in [0, 0.1) is 11.3 Å². The van der Waals surface area contributed by atoms with Crippen LogP contribution in [0.2, 0.25) is 0 Å². The number of amides is 1. The fourth-order valence-corrected chi connectivity index (χ4v) is 5.01. The van der Waals surface area contributed by atoms with Crippen molar-refractivity contribution in [2.24, 2.45) is 0 Å². The van der Waals surface area contributed by atoms with Crippen LogP contribution in [-0.2, 0) is 4.79 Å². The minimum atomic E-state index is -0.124. The highest BCUT2D eigenvalue weighted by molar-refractivity contribution is 8.00. The van der Waals surface area contributed by atoms with Crippen LogP contribution in [0.25, 0.3) is 15.2 Å². The molecule has 0 saturated carbocycles. The van der Waals surface area contributed by atoms with E-state index in [-0.39, 0.29) is 11.7 Å². The number of thioether (sulfide) groups is 2. The van der Waals surface area contributed by atoms with E-state index in [2.05, 4.69) is 21.6 Å². The Bertz CT molecular complexity index is 1160. The fraction of sp³-hybridized carbons (Fsp3) is 0.111. The zero-order valence-corrected chi connectivity index (χ0v) is 16.4. The maximum atomic E-state index is 12.4. The predicted octanol–water partition coefficient (Wildman–Crippen LogP) is 4.29. The molecule has 0 atom stereocenters. The summed E-state index contributed by atoms with van der Waals surface area (Å²) in [7, 11) is 0. The first-order chi connectivity index (χ1) is 13.3. The molecular formula is C18H13N5OS3. The molecular weight excluding hydrogens is 398 g/mol. The number of hydrogen-bond acceptors (Lipinski definition) is 7. The van der Waals surface area contributed by atoms with Gasteiger partial charge < -0.3 is 5.32 Å². The molecule has 27 heavy (non-hydrogen) atoms. The zero-order chi connectivity index (χ0) is 18.6. The van der Waals surface area contributed by atoms with E-state index < -0.39 is 0 Å². The van der Waals surface area contributed by atoms with E-state index in [1.54, 1.807) is 11.3 Å². The topological polar surface area (TPSA) is 83.1 Å². The Hall–Kier alpha value is -2.54. The van der Waals surface area contributed by atoms with Gasteiger partial charge >= 0.3 is 0 Å². The van der Waals surface area contributed by atoms with Gasteiger partial charge in [0.05, 0.1) is 33.5 Å². The third kappa shape index (κ3) is 3.78. The van der Waals surface area contributed by atoms with Crippen LogP contribution in [0.1, 0.15) is 0 Å². The maximum Gasteiger partial charge on any atom is 0.234 e. The lowest BCUT2D eigenvalue weighted by Gasteiger charge is -2.09. The molecule has 2 heterocycles. The molecule has 2 aromatic heterocycles. The van der Waals surface area contributed by atoms with Gasteiger partial charge in [0.1, 0.15) is 0 Å². The number of hydrogen-bond donors (Lipinski definition) is 1. The molecule has 134 valence electrons. The molecule has 0 spiro atoms. The molecule has 1 N–H and O–H groups in total. The molecule has 0 radical (unpaired) electrons. The Morgan fingerprint density at radius 2 is 1.96 bits per heavy atom. The number of nitrogens with one attached hydrogen (secondary N) is 1. The number of carbonyl (C=O) groups is 1. The van der Waals surface area contributed by atoms with Gasteiger partial charge in [-0.05, 0) is 24.3 Å². The summed E-state index contributed by atoms with van der Waals surface area (Å²) >= 11 is 4.33. The average molecular weight is 412 g/mol. The van der Waals surface area contributed by atoms with Crippen molar-refractivity contribution in [3.05, 3.63) is 48.5 Å². The van der Waals surface area contributed by atoms with Gasteiger partial charge in [-0.3, -0.25) is 9.20 Å². The molecule has 0 aliphatic rings. The van der Waals surface area contributed by atoms with Crippen LogP contribution in [0.3, 0.4) is 0 Å². The van der Waals surface area contributed by atoms with E-state index in [4.69, 9.17) is 5.26 Å². The van der Waals surface area contributed by atoms with Crippen LogP contribution in [0.5, 0.6) is 0 Å². The number of nitrogens with zero attached hydrogens (tertiary/aromatic N) is 4. The Morgan fingerprint density at radius 3 is 2.85 bits per heavy atom. The highest BCUT2D eigenvalue weighted by Gasteiger charge is 2.14. The van der Waals surface area contributed by atoms with Gasteiger partial charge in [-0.25, -0.2) is 0 Å². The van der Waals surface area contributed by atoms with Gasteiger partial charge in [-0.1, -0.05) is 47.4 Å². The number of rotatable bonds is 6. The molecule has 0 bridgehead atoms. The molecule has 2 aromatic carbocycles. The first-order valence-electron chi connectivity index (χ1n) is 8.00. The number of para-hydroxylation sites is 2. The Kier molecular flexibility index (Phi) is 5.29. The molecule has 1 amide bonds. The lowest BCUT2D eigenvalue weighted by molar-refractivity contribution is -0.113. The van der Waals surface area contributed by atoms with Crippen molar-refractivity contribution < 1.29 is 4.79 Å². The molecule has 4 aromatic rings. The molecule has 0 saturated heterocycles. The van der Waals surface area contributed by atoms with Crippen molar-refractivity contribution in [3.63, 3.8) is 0 Å². The van der Waals surface area contributed by atoms with E-state index >= 15 is 0 Å². The SMILES string of the molecule is N#CCSc1ccccc1NC(=O)CSc1nnc2sc3ccccc3n12. The molecule has 0 fully saturated rings. The number of anilines is 1. The number of benzene rings is 2. The minimum absolute atomic E-state index is 0.124. The summed E-state index contributed by atoms with van der Waals surface area (Å²) in [6.45, 7) is 0. The molecule has 0 unspecified atom stereocenters. The first kappa shape index (κ1) is 17.9. The Labute approximate surface area is 167 Å². The summed E-state index contributed by atoms with van der Waals surface area (Å²) in [5.41, 5.74) is 1.76. The largest absolute Gasteiger partial charge is 0.324 e. The number of fused-ring (bicyclic) bond motifs is 3. The molecule has 9 heteroatoms. The van der Waals surface area contributed by atoms with Gasteiger partial charge in [0, 0.05) is 4.90 Å². The Balaban J connectivity index is 1.47. The van der Waals surface area contributed by atoms with E-state index in [0.29, 0.717) is 10.9 Å². The van der Waals surface area contributed by atoms with Gasteiger partial charge in [0.15, 0.2) is 5.16 Å². The number of carbonyl (C=O) groups excluding carboxylic acids is 1. The lowest BCUT2D eigenvalue weighted by atomic mass is 10.3. The number of aromatic nitrogens is 3. The van der Waals surface area contributed by atoms with E-state index in [9.17, 15) is 4.79 Å². The highest BCUT2D eigenvalue weighted by atomic mass is 32.2. The van der Waals surface area contributed by atoms with Gasteiger partial charge in [0.2, 0.25) is 10.9 Å². The average Bonchev–Trinajstić information content (AvgIpc) is 3.25. The summed E-state index contributed by atoms with van der Waals surface area (Å²) in [5, 5.41) is 20.8. The number of nitriles is 1. The normalized spacial score (nSPS) is 10.9. The van der Waals surface area contributed by atoms with Gasteiger partial charge in [-0.2, -0.15) is 5.26 Å². The van der Waals surface area contributed by atoms with Crippen molar-refractivity contribution in [2.45, 2.75) is 10.1 Å². The van der Waals surface area contributed by atoms with Crippen LogP contribution in [0.4, 0.5) is 5.69 Å². The lowest BCUT2D eigenvalue weighted by Crippen LogP contribution is -2.14. The summed E-state index contributed by atoms with van der Waals surface area (Å²) in [5.74, 6) is 0.439. The smallest absolute Gasteiger partial charge is 0.234 e. The van der Waals surface area contributed by atoms with Crippen LogP contribution in [0.15, 0.2) is 58.6 Å². The zero-order valence-electron chi connectivity index (χ0n) is 14.0.